The maximum absolute atomic E-state index is 11.8. The lowest BCUT2D eigenvalue weighted by molar-refractivity contribution is 0.266. The second-order valence-electron chi connectivity index (χ2n) is 4.25. The fraction of sp³-hybridized carbons (Fsp3) is 0.417. The molecule has 2 N–H and O–H groups in total. The van der Waals surface area contributed by atoms with Crippen molar-refractivity contribution in [3.8, 4) is 0 Å². The highest BCUT2D eigenvalue weighted by atomic mass is 35.5. The standard InChI is InChI=1S/C12H16ClN5O2/c1-17-9(3-5-15-17)2-4-14-10-8-16-18(6-7-19)12(20)11(10)13/h3,5,8,14,19H,2,4,6-7H2,1H3. The monoisotopic (exact) mass is 297 g/mol. The third-order valence-corrected chi connectivity index (χ3v) is 3.28. The van der Waals surface area contributed by atoms with Crippen molar-refractivity contribution in [2.45, 2.75) is 13.0 Å². The summed E-state index contributed by atoms with van der Waals surface area (Å²) < 4.78 is 2.93. The van der Waals surface area contributed by atoms with Crippen molar-refractivity contribution in [1.82, 2.24) is 19.6 Å². The van der Waals surface area contributed by atoms with Crippen LogP contribution in [0.3, 0.4) is 0 Å². The maximum Gasteiger partial charge on any atom is 0.287 e. The van der Waals surface area contributed by atoms with Crippen LogP contribution in [0, 0.1) is 0 Å². The Morgan fingerprint density at radius 1 is 1.45 bits per heavy atom. The van der Waals surface area contributed by atoms with Crippen molar-refractivity contribution >= 4 is 17.3 Å². The fourth-order valence-corrected chi connectivity index (χ4v) is 2.03. The average molecular weight is 298 g/mol. The fourth-order valence-electron chi connectivity index (χ4n) is 1.81. The number of nitrogens with one attached hydrogen (secondary N) is 1. The zero-order valence-electron chi connectivity index (χ0n) is 11.1. The normalized spacial score (nSPS) is 10.8. The van der Waals surface area contributed by atoms with E-state index in [0.717, 1.165) is 16.8 Å². The molecule has 0 amide bonds. The number of nitrogens with zero attached hydrogens (tertiary/aromatic N) is 4. The second kappa shape index (κ2) is 6.53. The summed E-state index contributed by atoms with van der Waals surface area (Å²) in [5, 5.41) is 20.0. The first-order valence-corrected chi connectivity index (χ1v) is 6.58. The summed E-state index contributed by atoms with van der Waals surface area (Å²) in [6, 6.07) is 1.93. The molecule has 2 aromatic heterocycles. The molecule has 0 saturated carbocycles. The highest BCUT2D eigenvalue weighted by Gasteiger charge is 2.08. The van der Waals surface area contributed by atoms with Gasteiger partial charge in [0, 0.05) is 31.9 Å². The van der Waals surface area contributed by atoms with Crippen molar-refractivity contribution in [1.29, 1.82) is 0 Å². The van der Waals surface area contributed by atoms with Crippen molar-refractivity contribution in [3.63, 3.8) is 0 Å². The summed E-state index contributed by atoms with van der Waals surface area (Å²) in [4.78, 5) is 11.8. The maximum atomic E-state index is 11.8. The molecule has 0 unspecified atom stereocenters. The van der Waals surface area contributed by atoms with Crippen molar-refractivity contribution in [2.75, 3.05) is 18.5 Å². The van der Waals surface area contributed by atoms with Crippen LogP contribution in [0.4, 0.5) is 5.69 Å². The molecule has 20 heavy (non-hydrogen) atoms. The first-order chi connectivity index (χ1) is 9.63. The zero-order chi connectivity index (χ0) is 14.5. The van der Waals surface area contributed by atoms with Crippen LogP contribution in [0.25, 0.3) is 0 Å². The molecular weight excluding hydrogens is 282 g/mol. The van der Waals surface area contributed by atoms with E-state index in [2.05, 4.69) is 15.5 Å². The Balaban J connectivity index is 2.02. The number of aryl methyl sites for hydroxylation is 1. The molecule has 0 bridgehead atoms. The van der Waals surface area contributed by atoms with Gasteiger partial charge in [0.15, 0.2) is 0 Å². The Morgan fingerprint density at radius 3 is 2.90 bits per heavy atom. The van der Waals surface area contributed by atoms with Crippen LogP contribution >= 0.6 is 11.6 Å². The van der Waals surface area contributed by atoms with Gasteiger partial charge in [-0.15, -0.1) is 0 Å². The molecular formula is C12H16ClN5O2. The third-order valence-electron chi connectivity index (χ3n) is 2.92. The molecule has 0 aliphatic heterocycles. The quantitative estimate of drug-likeness (QED) is 0.800. The highest BCUT2D eigenvalue weighted by Crippen LogP contribution is 2.15. The Hall–Kier alpha value is -1.86. The second-order valence-corrected chi connectivity index (χ2v) is 4.63. The summed E-state index contributed by atoms with van der Waals surface area (Å²) in [6.07, 6.45) is 3.98. The predicted octanol–water partition coefficient (Wildman–Crippen LogP) is 0.277. The molecule has 2 heterocycles. The Kier molecular flexibility index (Phi) is 4.75. The Labute approximate surface area is 120 Å². The van der Waals surface area contributed by atoms with Crippen LogP contribution in [0.15, 0.2) is 23.3 Å². The van der Waals surface area contributed by atoms with Crippen LogP contribution in [0.1, 0.15) is 5.69 Å². The lowest BCUT2D eigenvalue weighted by Gasteiger charge is -2.09. The molecule has 2 rings (SSSR count). The van der Waals surface area contributed by atoms with Gasteiger partial charge in [-0.05, 0) is 6.07 Å². The lowest BCUT2D eigenvalue weighted by Crippen LogP contribution is -2.25. The summed E-state index contributed by atoms with van der Waals surface area (Å²) >= 11 is 5.99. The number of aromatic nitrogens is 4. The molecule has 0 aliphatic carbocycles. The van der Waals surface area contributed by atoms with Gasteiger partial charge in [-0.25, -0.2) is 4.68 Å². The molecule has 0 fully saturated rings. The van der Waals surface area contributed by atoms with Gasteiger partial charge in [-0.2, -0.15) is 10.2 Å². The van der Waals surface area contributed by atoms with E-state index >= 15 is 0 Å². The molecule has 0 saturated heterocycles. The number of halogens is 1. The van der Waals surface area contributed by atoms with Crippen LogP contribution in [0.2, 0.25) is 5.02 Å². The van der Waals surface area contributed by atoms with Crippen molar-refractivity contribution in [2.24, 2.45) is 7.05 Å². The molecule has 0 spiro atoms. The van der Waals surface area contributed by atoms with E-state index in [9.17, 15) is 4.79 Å². The molecule has 7 nitrogen and oxygen atoms in total. The smallest absolute Gasteiger partial charge is 0.287 e. The number of hydrogen-bond acceptors (Lipinski definition) is 5. The topological polar surface area (TPSA) is 85.0 Å². The van der Waals surface area contributed by atoms with E-state index in [1.165, 1.54) is 6.20 Å². The summed E-state index contributed by atoms with van der Waals surface area (Å²) in [6.45, 7) is 0.592. The molecule has 0 aromatic carbocycles. The number of aliphatic hydroxyl groups is 1. The minimum atomic E-state index is -0.411. The van der Waals surface area contributed by atoms with Crippen molar-refractivity contribution in [3.05, 3.63) is 39.5 Å². The first kappa shape index (κ1) is 14.5. The van der Waals surface area contributed by atoms with Crippen molar-refractivity contribution < 1.29 is 5.11 Å². The number of hydrogen-bond donors (Lipinski definition) is 2. The van der Waals surface area contributed by atoms with Crippen LogP contribution in [-0.4, -0.2) is 37.8 Å². The van der Waals surface area contributed by atoms with E-state index in [1.807, 2.05) is 13.1 Å². The van der Waals surface area contributed by atoms with Gasteiger partial charge in [0.25, 0.3) is 5.56 Å². The number of rotatable bonds is 6. The number of anilines is 1. The first-order valence-electron chi connectivity index (χ1n) is 6.20. The summed E-state index contributed by atoms with van der Waals surface area (Å²) in [5.74, 6) is 0. The predicted molar refractivity (Wildman–Crippen MR) is 76.0 cm³/mol. The van der Waals surface area contributed by atoms with E-state index in [-0.39, 0.29) is 18.2 Å². The molecule has 0 radical (unpaired) electrons. The minimum absolute atomic E-state index is 0.0819. The van der Waals surface area contributed by atoms with Gasteiger partial charge in [0.2, 0.25) is 0 Å². The van der Waals surface area contributed by atoms with Gasteiger partial charge in [-0.3, -0.25) is 9.48 Å². The molecule has 2 aromatic rings. The van der Waals surface area contributed by atoms with E-state index in [4.69, 9.17) is 16.7 Å². The lowest BCUT2D eigenvalue weighted by atomic mass is 10.3. The van der Waals surface area contributed by atoms with Gasteiger partial charge in [0.05, 0.1) is 25.0 Å². The number of aliphatic hydroxyl groups excluding tert-OH is 1. The molecule has 8 heteroatoms. The SMILES string of the molecule is Cn1nccc1CCNc1cnn(CCO)c(=O)c1Cl. The van der Waals surface area contributed by atoms with Crippen LogP contribution in [0.5, 0.6) is 0 Å². The van der Waals surface area contributed by atoms with E-state index < -0.39 is 5.56 Å². The molecule has 0 atom stereocenters. The molecule has 0 aliphatic rings. The van der Waals surface area contributed by atoms with Crippen LogP contribution in [-0.2, 0) is 20.0 Å². The zero-order valence-corrected chi connectivity index (χ0v) is 11.8. The van der Waals surface area contributed by atoms with Gasteiger partial charge in [-0.1, -0.05) is 11.6 Å². The minimum Gasteiger partial charge on any atom is -0.394 e. The summed E-state index contributed by atoms with van der Waals surface area (Å²) in [5.41, 5.74) is 1.16. The van der Waals surface area contributed by atoms with Gasteiger partial charge in [0.1, 0.15) is 5.02 Å². The largest absolute Gasteiger partial charge is 0.394 e. The van der Waals surface area contributed by atoms with Crippen LogP contribution < -0.4 is 10.9 Å². The Morgan fingerprint density at radius 2 is 2.25 bits per heavy atom. The average Bonchev–Trinajstić information content (AvgIpc) is 2.84. The van der Waals surface area contributed by atoms with Gasteiger partial charge >= 0.3 is 0 Å². The van der Waals surface area contributed by atoms with E-state index in [0.29, 0.717) is 12.2 Å². The van der Waals surface area contributed by atoms with Gasteiger partial charge < -0.3 is 10.4 Å². The van der Waals surface area contributed by atoms with E-state index in [1.54, 1.807) is 10.9 Å². The highest BCUT2D eigenvalue weighted by molar-refractivity contribution is 6.32. The molecule has 108 valence electrons. The third kappa shape index (κ3) is 3.17. The Bertz CT molecular complexity index is 637. The summed E-state index contributed by atoms with van der Waals surface area (Å²) in [7, 11) is 1.87.